The third-order valence-corrected chi connectivity index (χ3v) is 6.84. The molecule has 0 radical (unpaired) electrons. The summed E-state index contributed by atoms with van der Waals surface area (Å²) in [5.41, 5.74) is -6.62. The van der Waals surface area contributed by atoms with Crippen molar-refractivity contribution in [1.82, 2.24) is 9.71 Å². The largest absolute Gasteiger partial charge is 0.503 e. The van der Waals surface area contributed by atoms with Crippen molar-refractivity contribution in [2.75, 3.05) is 5.32 Å². The summed E-state index contributed by atoms with van der Waals surface area (Å²) >= 11 is 0. The van der Waals surface area contributed by atoms with Crippen LogP contribution in [0, 0.1) is 0 Å². The van der Waals surface area contributed by atoms with Gasteiger partial charge in [-0.2, -0.15) is 13.2 Å². The quantitative estimate of drug-likeness (QED) is 0.521. The molecule has 32 heavy (non-hydrogen) atoms. The zero-order valence-electron chi connectivity index (χ0n) is 15.8. The summed E-state index contributed by atoms with van der Waals surface area (Å²) in [5.74, 6) is -0.868. The number of rotatable bonds is 7. The first-order chi connectivity index (χ1) is 14.9. The van der Waals surface area contributed by atoms with E-state index in [0.717, 1.165) is 24.4 Å². The van der Waals surface area contributed by atoms with Gasteiger partial charge in [-0.25, -0.2) is 26.5 Å². The molecule has 0 atom stereocenters. The molecular weight excluding hydrogens is 475 g/mol. The van der Waals surface area contributed by atoms with Gasteiger partial charge in [0.25, 0.3) is 15.7 Å². The highest BCUT2D eigenvalue weighted by Crippen LogP contribution is 2.31. The second kappa shape index (κ2) is 8.72. The van der Waals surface area contributed by atoms with E-state index >= 15 is 0 Å². The summed E-state index contributed by atoms with van der Waals surface area (Å²) < 4.78 is 94.4. The van der Waals surface area contributed by atoms with Gasteiger partial charge < -0.3 is 9.73 Å². The van der Waals surface area contributed by atoms with Crippen LogP contribution in [0.1, 0.15) is 16.1 Å². The molecule has 0 spiro atoms. The number of halogens is 3. The fourth-order valence-corrected chi connectivity index (χ4v) is 4.40. The molecule has 0 fully saturated rings. The van der Waals surface area contributed by atoms with Crippen LogP contribution in [-0.2, 0) is 26.4 Å². The molecule has 0 unspecified atom stereocenters. The van der Waals surface area contributed by atoms with Crippen molar-refractivity contribution < 1.29 is 39.2 Å². The second-order valence-corrected chi connectivity index (χ2v) is 9.81. The number of carbonyl (C=O) groups excluding carboxylic acids is 1. The van der Waals surface area contributed by atoms with Crippen molar-refractivity contribution in [3.05, 3.63) is 72.3 Å². The summed E-state index contributed by atoms with van der Waals surface area (Å²) in [6.45, 7) is -0.139. The van der Waals surface area contributed by atoms with Gasteiger partial charge in [0.15, 0.2) is 5.03 Å². The third-order valence-electron chi connectivity index (χ3n) is 3.99. The zero-order valence-corrected chi connectivity index (χ0v) is 17.5. The normalized spacial score (nSPS) is 12.5. The molecule has 14 heteroatoms. The Labute approximate surface area is 180 Å². The predicted molar refractivity (Wildman–Crippen MR) is 105 cm³/mol. The smallest absolute Gasteiger partial charge is 0.468 e. The molecule has 0 saturated carbocycles. The van der Waals surface area contributed by atoms with Crippen LogP contribution in [-0.4, -0.2) is 33.2 Å². The van der Waals surface area contributed by atoms with Crippen molar-refractivity contribution >= 4 is 31.5 Å². The van der Waals surface area contributed by atoms with Crippen LogP contribution in [0.3, 0.4) is 0 Å². The van der Waals surface area contributed by atoms with Crippen molar-refractivity contribution in [2.45, 2.75) is 22.0 Å². The van der Waals surface area contributed by atoms with Crippen molar-refractivity contribution in [2.24, 2.45) is 0 Å². The van der Waals surface area contributed by atoms with Gasteiger partial charge in [0.2, 0.25) is 10.0 Å². The Bertz CT molecular complexity index is 1340. The summed E-state index contributed by atoms with van der Waals surface area (Å²) in [4.78, 5) is 15.4. The number of alkyl halides is 3. The van der Waals surface area contributed by atoms with E-state index < -0.39 is 41.9 Å². The van der Waals surface area contributed by atoms with Crippen molar-refractivity contribution in [1.29, 1.82) is 0 Å². The third kappa shape index (κ3) is 4.98. The first kappa shape index (κ1) is 23.4. The maximum Gasteiger partial charge on any atom is 0.503 e. The van der Waals surface area contributed by atoms with E-state index in [-0.39, 0.29) is 17.1 Å². The van der Waals surface area contributed by atoms with E-state index in [1.54, 1.807) is 12.1 Å². The molecule has 0 aliphatic carbocycles. The summed E-state index contributed by atoms with van der Waals surface area (Å²) in [6.07, 6.45) is 2.17. The SMILES string of the molecule is O=C(Nc1cccc(S(=O)(=O)NCc2ccco2)c1)c1cccnc1S(=O)(=O)C(F)(F)F. The van der Waals surface area contributed by atoms with Gasteiger partial charge in [0, 0.05) is 11.9 Å². The standard InChI is InChI=1S/C18H14F3N3O6S2/c19-18(20,21)31(26,27)17-15(7-2-8-22-17)16(25)24-12-4-1-6-14(10-12)32(28,29)23-11-13-5-3-9-30-13/h1-10,23H,11H2,(H,24,25). The highest BCUT2D eigenvalue weighted by molar-refractivity contribution is 7.92. The minimum Gasteiger partial charge on any atom is -0.468 e. The number of sulfone groups is 1. The minimum absolute atomic E-state index is 0.102. The van der Waals surface area contributed by atoms with Crippen LogP contribution in [0.15, 0.2) is 75.3 Å². The zero-order chi connectivity index (χ0) is 23.6. The number of nitrogens with zero attached hydrogens (tertiary/aromatic N) is 1. The van der Waals surface area contributed by atoms with E-state index in [1.165, 1.54) is 24.5 Å². The number of anilines is 1. The van der Waals surface area contributed by atoms with Gasteiger partial charge in [-0.15, -0.1) is 0 Å². The summed E-state index contributed by atoms with van der Waals surface area (Å²) in [5, 5.41) is 0.719. The van der Waals surface area contributed by atoms with Gasteiger partial charge in [0.1, 0.15) is 5.76 Å². The molecule has 170 valence electrons. The van der Waals surface area contributed by atoms with Gasteiger partial charge in [0.05, 0.1) is 23.3 Å². The monoisotopic (exact) mass is 489 g/mol. The minimum atomic E-state index is -5.89. The van der Waals surface area contributed by atoms with E-state index in [4.69, 9.17) is 4.42 Å². The topological polar surface area (TPSA) is 135 Å². The molecule has 1 aromatic carbocycles. The Balaban J connectivity index is 1.85. The lowest BCUT2D eigenvalue weighted by atomic mass is 10.2. The Morgan fingerprint density at radius 3 is 2.44 bits per heavy atom. The number of pyridine rings is 1. The lowest BCUT2D eigenvalue weighted by Crippen LogP contribution is -2.27. The molecule has 0 saturated heterocycles. The Hall–Kier alpha value is -3.23. The molecule has 0 bridgehead atoms. The molecule has 2 heterocycles. The molecule has 2 N–H and O–H groups in total. The number of hydrogen-bond donors (Lipinski definition) is 2. The van der Waals surface area contributed by atoms with Crippen molar-refractivity contribution in [3.8, 4) is 0 Å². The van der Waals surface area contributed by atoms with Gasteiger partial charge in [-0.05, 0) is 42.5 Å². The van der Waals surface area contributed by atoms with E-state index in [2.05, 4.69) is 15.0 Å². The molecule has 0 aliphatic heterocycles. The number of furan rings is 1. The van der Waals surface area contributed by atoms with Crippen molar-refractivity contribution in [3.63, 3.8) is 0 Å². The summed E-state index contributed by atoms with van der Waals surface area (Å²) in [6, 6.07) is 9.91. The highest BCUT2D eigenvalue weighted by atomic mass is 32.2. The van der Waals surface area contributed by atoms with Crippen LogP contribution >= 0.6 is 0 Å². The number of nitrogens with one attached hydrogen (secondary N) is 2. The fraction of sp³-hybridized carbons (Fsp3) is 0.111. The van der Waals surface area contributed by atoms with Crippen LogP contribution < -0.4 is 10.0 Å². The second-order valence-electron chi connectivity index (χ2n) is 6.19. The number of hydrogen-bond acceptors (Lipinski definition) is 7. The average Bonchev–Trinajstić information content (AvgIpc) is 3.25. The maximum atomic E-state index is 12.9. The highest BCUT2D eigenvalue weighted by Gasteiger charge is 2.49. The fourth-order valence-electron chi connectivity index (χ4n) is 2.49. The molecule has 2 aromatic heterocycles. The molecular formula is C18H14F3N3O6S2. The van der Waals surface area contributed by atoms with Crippen LogP contribution in [0.25, 0.3) is 0 Å². The van der Waals surface area contributed by atoms with E-state index in [9.17, 15) is 34.8 Å². The van der Waals surface area contributed by atoms with Crippen LogP contribution in [0.5, 0.6) is 0 Å². The Morgan fingerprint density at radius 2 is 1.78 bits per heavy atom. The number of aromatic nitrogens is 1. The van der Waals surface area contributed by atoms with E-state index in [1.807, 2.05) is 0 Å². The number of benzene rings is 1. The Kier molecular flexibility index (Phi) is 6.39. The number of carbonyl (C=O) groups is 1. The lowest BCUT2D eigenvalue weighted by Gasteiger charge is -2.12. The lowest BCUT2D eigenvalue weighted by molar-refractivity contribution is -0.0438. The molecule has 3 aromatic rings. The first-order valence-corrected chi connectivity index (χ1v) is 11.6. The molecule has 3 rings (SSSR count). The van der Waals surface area contributed by atoms with E-state index in [0.29, 0.717) is 5.76 Å². The predicted octanol–water partition coefficient (Wildman–Crippen LogP) is 2.70. The van der Waals surface area contributed by atoms with Gasteiger partial charge in [-0.1, -0.05) is 6.07 Å². The maximum absolute atomic E-state index is 12.9. The average molecular weight is 489 g/mol. The van der Waals surface area contributed by atoms with Crippen LogP contribution in [0.4, 0.5) is 18.9 Å². The molecule has 1 amide bonds. The summed E-state index contributed by atoms with van der Waals surface area (Å²) in [7, 11) is -9.92. The molecule has 0 aliphatic rings. The first-order valence-electron chi connectivity index (χ1n) is 8.62. The molecule has 9 nitrogen and oxygen atoms in total. The Morgan fingerprint density at radius 1 is 1.03 bits per heavy atom. The van der Waals surface area contributed by atoms with Gasteiger partial charge in [-0.3, -0.25) is 4.79 Å². The number of sulfonamides is 1. The van der Waals surface area contributed by atoms with Crippen LogP contribution in [0.2, 0.25) is 0 Å². The number of amides is 1. The van der Waals surface area contributed by atoms with Gasteiger partial charge >= 0.3 is 5.51 Å².